The zero-order chi connectivity index (χ0) is 24.2. The van der Waals surface area contributed by atoms with Crippen molar-refractivity contribution in [2.24, 2.45) is 5.10 Å². The average Bonchev–Trinajstić information content (AvgIpc) is 3.24. The van der Waals surface area contributed by atoms with Crippen molar-refractivity contribution in [3.8, 4) is 5.75 Å². The molecule has 1 unspecified atom stereocenters. The van der Waals surface area contributed by atoms with E-state index in [4.69, 9.17) is 26.6 Å². The van der Waals surface area contributed by atoms with Crippen LogP contribution in [-0.2, 0) is 4.79 Å². The van der Waals surface area contributed by atoms with Crippen LogP contribution in [0.5, 0.6) is 5.75 Å². The minimum atomic E-state index is -1.44. The molecule has 0 aliphatic carbocycles. The van der Waals surface area contributed by atoms with Crippen LogP contribution in [0.3, 0.4) is 0 Å². The third-order valence-electron chi connectivity index (χ3n) is 5.64. The van der Waals surface area contributed by atoms with Crippen LogP contribution in [0.1, 0.15) is 49.8 Å². The van der Waals surface area contributed by atoms with E-state index in [-0.39, 0.29) is 18.7 Å². The Kier molecular flexibility index (Phi) is 8.02. The van der Waals surface area contributed by atoms with Crippen LogP contribution >= 0.6 is 34.2 Å². The summed E-state index contributed by atoms with van der Waals surface area (Å²) in [7, 11) is 0. The van der Waals surface area contributed by atoms with E-state index in [0.717, 1.165) is 31.5 Å². The first-order valence-corrected chi connectivity index (χ1v) is 12.6. The van der Waals surface area contributed by atoms with E-state index in [1.165, 1.54) is 5.01 Å². The Labute approximate surface area is 216 Å². The molecule has 0 spiro atoms. The second-order valence-corrected chi connectivity index (χ2v) is 9.64. The number of benzene rings is 2. The molecular formula is C25H25ClIN3O4. The van der Waals surface area contributed by atoms with Gasteiger partial charge < -0.3 is 14.9 Å². The molecule has 1 aliphatic heterocycles. The second kappa shape index (κ2) is 11.0. The van der Waals surface area contributed by atoms with Crippen LogP contribution in [0.2, 0.25) is 5.15 Å². The number of halogens is 2. The largest absolute Gasteiger partial charge is 0.494 e. The number of ether oxygens (including phenoxy) is 1. The summed E-state index contributed by atoms with van der Waals surface area (Å²) in [6.45, 7) is 2.48. The summed E-state index contributed by atoms with van der Waals surface area (Å²) in [4.78, 5) is 17.7. The number of fused-ring (bicyclic) bond motifs is 1. The number of aliphatic hydroxyl groups excluding tert-OH is 1. The third kappa shape index (κ3) is 5.68. The lowest BCUT2D eigenvalue weighted by Crippen LogP contribution is -2.27. The number of hydrogen-bond donors (Lipinski definition) is 2. The summed E-state index contributed by atoms with van der Waals surface area (Å²) >= 11 is 8.88. The minimum absolute atomic E-state index is 0.123. The summed E-state index contributed by atoms with van der Waals surface area (Å²) in [6.07, 6.45) is -0.322. The van der Waals surface area contributed by atoms with Crippen molar-refractivity contribution in [1.29, 1.82) is 0 Å². The molecule has 2 heterocycles. The van der Waals surface area contributed by atoms with Gasteiger partial charge in [-0.1, -0.05) is 23.7 Å². The Morgan fingerprint density at radius 2 is 2.00 bits per heavy atom. The lowest BCUT2D eigenvalue weighted by Gasteiger charge is -2.23. The molecule has 4 rings (SSSR count). The average molecular weight is 594 g/mol. The predicted molar refractivity (Wildman–Crippen MR) is 140 cm³/mol. The number of aromatic nitrogens is 1. The van der Waals surface area contributed by atoms with Crippen LogP contribution in [0.4, 0.5) is 0 Å². The number of aliphatic hydroxyl groups is 2. The Morgan fingerprint density at radius 3 is 2.71 bits per heavy atom. The lowest BCUT2D eigenvalue weighted by molar-refractivity contribution is -0.133. The zero-order valence-corrected chi connectivity index (χ0v) is 21.5. The van der Waals surface area contributed by atoms with E-state index < -0.39 is 12.3 Å². The number of nitrogens with zero attached hydrogens (tertiary/aromatic N) is 3. The summed E-state index contributed by atoms with van der Waals surface area (Å²) in [5.74, 6) is 0.522. The van der Waals surface area contributed by atoms with Gasteiger partial charge in [-0.2, -0.15) is 5.10 Å². The molecule has 1 atom stereocenters. The topological polar surface area (TPSA) is 95.2 Å². The van der Waals surface area contributed by atoms with Crippen molar-refractivity contribution < 1.29 is 19.7 Å². The smallest absolute Gasteiger partial charge is 0.243 e. The van der Waals surface area contributed by atoms with E-state index in [2.05, 4.69) is 32.7 Å². The maximum Gasteiger partial charge on any atom is 0.243 e. The van der Waals surface area contributed by atoms with Gasteiger partial charge in [0.05, 0.1) is 23.9 Å². The molecule has 0 radical (unpaired) electrons. The maximum absolute atomic E-state index is 13.1. The van der Waals surface area contributed by atoms with Crippen molar-refractivity contribution in [2.75, 3.05) is 6.61 Å². The quantitative estimate of drug-likeness (QED) is 0.217. The molecule has 1 aromatic heterocycles. The molecule has 0 saturated heterocycles. The lowest BCUT2D eigenvalue weighted by atomic mass is 9.98. The fraction of sp³-hybridized carbons (Fsp3) is 0.320. The van der Waals surface area contributed by atoms with Gasteiger partial charge in [-0.15, -0.1) is 0 Å². The first-order chi connectivity index (χ1) is 16.4. The SMILES string of the molecule is CCOc1ccc2cc(C3CC(c4ccc(I)cc4)=NN3C(=O)CCCC(O)O)c(Cl)nc2c1. The highest BCUT2D eigenvalue weighted by molar-refractivity contribution is 14.1. The standard InChI is InChI=1S/C25H25ClIN3O4/c1-2-34-18-11-8-16-12-19(25(26)28-20(16)13-18)22-14-21(15-6-9-17(27)10-7-15)29-30(22)23(31)4-3-5-24(32)33/h6-13,22,24,32-33H,2-5,14H2,1H3. The summed E-state index contributed by atoms with van der Waals surface area (Å²) in [5.41, 5.74) is 3.17. The Morgan fingerprint density at radius 1 is 1.24 bits per heavy atom. The molecule has 0 fully saturated rings. The van der Waals surface area contributed by atoms with Gasteiger partial charge in [0.25, 0.3) is 0 Å². The number of carbonyl (C=O) groups is 1. The molecule has 34 heavy (non-hydrogen) atoms. The minimum Gasteiger partial charge on any atom is -0.494 e. The third-order valence-corrected chi connectivity index (χ3v) is 6.66. The Hall–Kier alpha value is -2.27. The van der Waals surface area contributed by atoms with E-state index in [1.54, 1.807) is 0 Å². The molecule has 1 aliphatic rings. The molecule has 178 valence electrons. The monoisotopic (exact) mass is 593 g/mol. The molecule has 9 heteroatoms. The van der Waals surface area contributed by atoms with Crippen LogP contribution in [0.25, 0.3) is 10.9 Å². The molecule has 0 saturated carbocycles. The first-order valence-electron chi connectivity index (χ1n) is 11.1. The molecule has 1 amide bonds. The molecule has 2 N–H and O–H groups in total. The van der Waals surface area contributed by atoms with Gasteiger partial charge in [0.1, 0.15) is 10.9 Å². The van der Waals surface area contributed by atoms with Gasteiger partial charge >= 0.3 is 0 Å². The van der Waals surface area contributed by atoms with Crippen LogP contribution < -0.4 is 4.74 Å². The van der Waals surface area contributed by atoms with Crippen LogP contribution in [-0.4, -0.2) is 44.7 Å². The fourth-order valence-corrected chi connectivity index (χ4v) is 4.61. The van der Waals surface area contributed by atoms with Crippen LogP contribution in [0, 0.1) is 3.57 Å². The molecule has 2 aromatic carbocycles. The summed E-state index contributed by atoms with van der Waals surface area (Å²) < 4.78 is 6.68. The van der Waals surface area contributed by atoms with E-state index in [9.17, 15) is 4.79 Å². The maximum atomic E-state index is 13.1. The highest BCUT2D eigenvalue weighted by atomic mass is 127. The normalized spacial score (nSPS) is 15.8. The van der Waals surface area contributed by atoms with Crippen molar-refractivity contribution in [3.05, 3.63) is 68.4 Å². The molecule has 0 bridgehead atoms. The summed E-state index contributed by atoms with van der Waals surface area (Å²) in [5, 5.41) is 25.6. The van der Waals surface area contributed by atoms with E-state index in [0.29, 0.717) is 30.1 Å². The number of carbonyl (C=O) groups excluding carboxylic acids is 1. The number of hydrogen-bond acceptors (Lipinski definition) is 6. The van der Waals surface area contributed by atoms with Gasteiger partial charge in [-0.25, -0.2) is 9.99 Å². The van der Waals surface area contributed by atoms with Crippen molar-refractivity contribution in [1.82, 2.24) is 9.99 Å². The summed E-state index contributed by atoms with van der Waals surface area (Å²) in [6, 6.07) is 15.2. The van der Waals surface area contributed by atoms with Gasteiger partial charge in [-0.3, -0.25) is 4.79 Å². The highest BCUT2D eigenvalue weighted by Gasteiger charge is 2.34. The van der Waals surface area contributed by atoms with Crippen molar-refractivity contribution in [3.63, 3.8) is 0 Å². The number of pyridine rings is 1. The van der Waals surface area contributed by atoms with Crippen LogP contribution in [0.15, 0.2) is 53.6 Å². The van der Waals surface area contributed by atoms with Gasteiger partial charge in [-0.05, 0) is 78.3 Å². The number of hydrazone groups is 1. The first kappa shape index (κ1) is 24.8. The van der Waals surface area contributed by atoms with Gasteiger partial charge in [0.2, 0.25) is 5.91 Å². The van der Waals surface area contributed by atoms with Gasteiger partial charge in [0, 0.05) is 33.4 Å². The molecule has 7 nitrogen and oxygen atoms in total. The Bertz CT molecular complexity index is 1220. The van der Waals surface area contributed by atoms with Gasteiger partial charge in [0.15, 0.2) is 6.29 Å². The molecular weight excluding hydrogens is 569 g/mol. The fourth-order valence-electron chi connectivity index (χ4n) is 3.98. The van der Waals surface area contributed by atoms with Crippen molar-refractivity contribution >= 4 is 56.7 Å². The van der Waals surface area contributed by atoms with E-state index in [1.807, 2.05) is 55.5 Å². The van der Waals surface area contributed by atoms with Crippen molar-refractivity contribution in [2.45, 2.75) is 44.9 Å². The number of rotatable bonds is 8. The zero-order valence-electron chi connectivity index (χ0n) is 18.6. The number of amides is 1. The Balaban J connectivity index is 1.68. The second-order valence-electron chi connectivity index (χ2n) is 8.04. The highest BCUT2D eigenvalue weighted by Crippen LogP contribution is 2.38. The van der Waals surface area contributed by atoms with E-state index >= 15 is 0 Å². The molecule has 3 aromatic rings. The predicted octanol–water partition coefficient (Wildman–Crippen LogP) is 5.05.